The third-order valence-corrected chi connectivity index (χ3v) is 5.73. The zero-order chi connectivity index (χ0) is 20.5. The predicted octanol–water partition coefficient (Wildman–Crippen LogP) is 3.52. The molecule has 0 atom stereocenters. The van der Waals surface area contributed by atoms with Crippen LogP contribution >= 0.6 is 0 Å². The van der Waals surface area contributed by atoms with Crippen LogP contribution in [0.25, 0.3) is 11.0 Å². The quantitative estimate of drug-likeness (QED) is 0.725. The molecule has 1 N–H and O–H groups in total. The molecule has 154 valence electrons. The molecule has 30 heavy (non-hydrogen) atoms. The second kappa shape index (κ2) is 7.82. The van der Waals surface area contributed by atoms with E-state index in [2.05, 4.69) is 9.88 Å². The first kappa shape index (κ1) is 18.7. The molecule has 0 spiro atoms. The van der Waals surface area contributed by atoms with Gasteiger partial charge in [0.05, 0.1) is 29.7 Å². The fraction of sp³-hybridized carbons (Fsp3) is 0.348. The highest BCUT2D eigenvalue weighted by atomic mass is 16.5. The van der Waals surface area contributed by atoms with E-state index in [4.69, 9.17) is 9.72 Å². The van der Waals surface area contributed by atoms with Crippen LogP contribution in [0.15, 0.2) is 42.5 Å². The molecule has 2 aromatic carbocycles. The normalized spacial score (nSPS) is 16.3. The molecular formula is C23H24N4O3. The molecule has 0 saturated carbocycles. The van der Waals surface area contributed by atoms with Gasteiger partial charge in [-0.05, 0) is 43.2 Å². The standard InChI is InChI=1S/C23H24N4O3/c28-22(15-27-19-6-3-4-7-20(19)30-13-11-23(27)29)24-16-9-10-18-17(14-16)25-21-8-2-1-5-12-26(18)21/h3-4,6-7,9-10,14H,1-2,5,8,11-13,15H2,(H,24,28). The van der Waals surface area contributed by atoms with Crippen molar-refractivity contribution in [1.29, 1.82) is 0 Å². The Kier molecular flexibility index (Phi) is 4.86. The van der Waals surface area contributed by atoms with Gasteiger partial charge in [-0.2, -0.15) is 0 Å². The number of carbonyl (C=O) groups is 2. The van der Waals surface area contributed by atoms with Crippen LogP contribution in [0.3, 0.4) is 0 Å². The Hall–Kier alpha value is -3.35. The summed E-state index contributed by atoms with van der Waals surface area (Å²) in [5.41, 5.74) is 3.32. The van der Waals surface area contributed by atoms with Gasteiger partial charge < -0.3 is 14.6 Å². The first-order valence-corrected chi connectivity index (χ1v) is 10.5. The summed E-state index contributed by atoms with van der Waals surface area (Å²) in [4.78, 5) is 31.6. The number of aromatic nitrogens is 2. The summed E-state index contributed by atoms with van der Waals surface area (Å²) >= 11 is 0. The van der Waals surface area contributed by atoms with Gasteiger partial charge in [-0.3, -0.25) is 14.5 Å². The number of ether oxygens (including phenoxy) is 1. The van der Waals surface area contributed by atoms with Crippen molar-refractivity contribution in [3.8, 4) is 5.75 Å². The van der Waals surface area contributed by atoms with Gasteiger partial charge >= 0.3 is 0 Å². The number of nitrogens with zero attached hydrogens (tertiary/aromatic N) is 3. The summed E-state index contributed by atoms with van der Waals surface area (Å²) in [6, 6.07) is 13.1. The predicted molar refractivity (Wildman–Crippen MR) is 115 cm³/mol. The number of anilines is 2. The van der Waals surface area contributed by atoms with E-state index in [0.29, 0.717) is 23.7 Å². The van der Waals surface area contributed by atoms with E-state index in [1.165, 1.54) is 24.2 Å². The summed E-state index contributed by atoms with van der Waals surface area (Å²) in [6.07, 6.45) is 4.82. The van der Waals surface area contributed by atoms with Crippen LogP contribution in [0.4, 0.5) is 11.4 Å². The Balaban J connectivity index is 1.35. The fourth-order valence-electron chi connectivity index (χ4n) is 4.26. The van der Waals surface area contributed by atoms with E-state index in [-0.39, 0.29) is 24.8 Å². The Bertz CT molecular complexity index is 1120. The number of rotatable bonds is 3. The molecule has 1 aromatic heterocycles. The second-order valence-electron chi connectivity index (χ2n) is 7.79. The van der Waals surface area contributed by atoms with Crippen molar-refractivity contribution in [2.75, 3.05) is 23.4 Å². The summed E-state index contributed by atoms with van der Waals surface area (Å²) in [7, 11) is 0. The molecule has 0 saturated heterocycles. The van der Waals surface area contributed by atoms with Gasteiger partial charge in [-0.25, -0.2) is 4.98 Å². The Morgan fingerprint density at radius 1 is 1.10 bits per heavy atom. The number of hydrogen-bond acceptors (Lipinski definition) is 4. The second-order valence-corrected chi connectivity index (χ2v) is 7.79. The first-order chi connectivity index (χ1) is 14.7. The number of carbonyl (C=O) groups excluding carboxylic acids is 2. The summed E-state index contributed by atoms with van der Waals surface area (Å²) in [5.74, 6) is 1.37. The maximum atomic E-state index is 12.8. The maximum absolute atomic E-state index is 12.8. The number of fused-ring (bicyclic) bond motifs is 4. The molecule has 2 aliphatic heterocycles. The Morgan fingerprint density at radius 2 is 2.00 bits per heavy atom. The highest BCUT2D eigenvalue weighted by Gasteiger charge is 2.25. The van der Waals surface area contributed by atoms with Gasteiger partial charge in [0.15, 0.2) is 0 Å². The first-order valence-electron chi connectivity index (χ1n) is 10.5. The Labute approximate surface area is 174 Å². The number of amides is 2. The minimum absolute atomic E-state index is 0.0586. The lowest BCUT2D eigenvalue weighted by Crippen LogP contribution is -2.37. The van der Waals surface area contributed by atoms with Gasteiger partial charge in [0, 0.05) is 18.7 Å². The van der Waals surface area contributed by atoms with E-state index < -0.39 is 0 Å². The summed E-state index contributed by atoms with van der Waals surface area (Å²) < 4.78 is 7.93. The van der Waals surface area contributed by atoms with Crippen LogP contribution in [0.1, 0.15) is 31.5 Å². The summed E-state index contributed by atoms with van der Waals surface area (Å²) in [5, 5.41) is 2.92. The van der Waals surface area contributed by atoms with Crippen molar-refractivity contribution in [2.24, 2.45) is 0 Å². The molecule has 2 amide bonds. The number of para-hydroxylation sites is 2. The molecule has 2 aliphatic rings. The number of hydrogen-bond donors (Lipinski definition) is 1. The van der Waals surface area contributed by atoms with Crippen LogP contribution in [0.2, 0.25) is 0 Å². The minimum Gasteiger partial charge on any atom is -0.491 e. The van der Waals surface area contributed by atoms with Gasteiger partial charge in [0.2, 0.25) is 11.8 Å². The highest BCUT2D eigenvalue weighted by Crippen LogP contribution is 2.31. The van der Waals surface area contributed by atoms with Crippen molar-refractivity contribution in [2.45, 2.75) is 38.6 Å². The van der Waals surface area contributed by atoms with E-state index in [1.807, 2.05) is 36.4 Å². The van der Waals surface area contributed by atoms with Crippen molar-refractivity contribution in [3.63, 3.8) is 0 Å². The number of nitrogens with one attached hydrogen (secondary N) is 1. The molecule has 0 unspecified atom stereocenters. The van der Waals surface area contributed by atoms with Crippen molar-refractivity contribution in [1.82, 2.24) is 9.55 Å². The largest absolute Gasteiger partial charge is 0.491 e. The fourth-order valence-corrected chi connectivity index (χ4v) is 4.26. The summed E-state index contributed by atoms with van der Waals surface area (Å²) in [6.45, 7) is 1.25. The van der Waals surface area contributed by atoms with Crippen LogP contribution in [-0.4, -0.2) is 34.5 Å². The van der Waals surface area contributed by atoms with E-state index in [1.54, 1.807) is 6.07 Å². The van der Waals surface area contributed by atoms with Crippen LogP contribution in [-0.2, 0) is 22.6 Å². The number of aryl methyl sites for hydroxylation is 2. The minimum atomic E-state index is -0.250. The van der Waals surface area contributed by atoms with Crippen molar-refractivity contribution >= 4 is 34.2 Å². The number of benzene rings is 2. The zero-order valence-corrected chi connectivity index (χ0v) is 16.8. The molecule has 0 aliphatic carbocycles. The molecule has 0 bridgehead atoms. The maximum Gasteiger partial charge on any atom is 0.244 e. The van der Waals surface area contributed by atoms with Gasteiger partial charge in [-0.1, -0.05) is 18.6 Å². The molecule has 0 radical (unpaired) electrons. The molecular weight excluding hydrogens is 380 g/mol. The van der Waals surface area contributed by atoms with Gasteiger partial charge in [0.25, 0.3) is 0 Å². The van der Waals surface area contributed by atoms with Crippen LogP contribution in [0.5, 0.6) is 5.75 Å². The van der Waals surface area contributed by atoms with Crippen molar-refractivity contribution < 1.29 is 14.3 Å². The molecule has 3 heterocycles. The molecule has 5 rings (SSSR count). The third-order valence-electron chi connectivity index (χ3n) is 5.73. The topological polar surface area (TPSA) is 76.5 Å². The third kappa shape index (κ3) is 3.51. The van der Waals surface area contributed by atoms with Gasteiger partial charge in [0.1, 0.15) is 18.1 Å². The Morgan fingerprint density at radius 3 is 2.93 bits per heavy atom. The average molecular weight is 404 g/mol. The smallest absolute Gasteiger partial charge is 0.244 e. The lowest BCUT2D eigenvalue weighted by molar-refractivity contribution is -0.121. The van der Waals surface area contributed by atoms with Gasteiger partial charge in [-0.15, -0.1) is 0 Å². The molecule has 3 aromatic rings. The molecule has 7 nitrogen and oxygen atoms in total. The lowest BCUT2D eigenvalue weighted by atomic mass is 10.2. The molecule has 7 heteroatoms. The van der Waals surface area contributed by atoms with E-state index in [0.717, 1.165) is 29.8 Å². The average Bonchev–Trinajstić information content (AvgIpc) is 2.86. The lowest BCUT2D eigenvalue weighted by Gasteiger charge is -2.21. The van der Waals surface area contributed by atoms with Crippen molar-refractivity contribution in [3.05, 3.63) is 48.3 Å². The van der Waals surface area contributed by atoms with Crippen LogP contribution < -0.4 is 15.0 Å². The zero-order valence-electron chi connectivity index (χ0n) is 16.8. The number of imidazole rings is 1. The highest BCUT2D eigenvalue weighted by molar-refractivity contribution is 6.04. The van der Waals surface area contributed by atoms with Crippen LogP contribution in [0, 0.1) is 0 Å². The SMILES string of the molecule is O=C(CN1C(=O)CCOc2ccccc21)Nc1ccc2c(c1)nc1n2CCCCC1. The monoisotopic (exact) mass is 404 g/mol. The van der Waals surface area contributed by atoms with E-state index in [9.17, 15) is 9.59 Å². The molecule has 0 fully saturated rings. The van der Waals surface area contributed by atoms with E-state index >= 15 is 0 Å².